The van der Waals surface area contributed by atoms with Crippen LogP contribution in [-0.2, 0) is 4.79 Å². The monoisotopic (exact) mass is 521 g/mol. The number of phenolic OH excluding ortho intramolecular Hbond substituents is 1. The number of rotatable bonds is 8. The first-order chi connectivity index (χ1) is 17.7. The number of hydrogen-bond acceptors (Lipinski definition) is 5. The summed E-state index contributed by atoms with van der Waals surface area (Å²) in [5.41, 5.74) is 2.87. The number of carboxylic acids is 1. The second-order valence-corrected chi connectivity index (χ2v) is 10.2. The Labute approximate surface area is 219 Å². The fourth-order valence-corrected chi connectivity index (χ4v) is 5.23. The Morgan fingerprint density at radius 2 is 1.95 bits per heavy atom. The fraction of sp³-hybridized carbons (Fsp3) is 0.286. The molecule has 0 saturated carbocycles. The molecule has 0 spiro atoms. The van der Waals surface area contributed by atoms with Crippen molar-refractivity contribution >= 4 is 50.8 Å². The summed E-state index contributed by atoms with van der Waals surface area (Å²) >= 11 is 6.58. The molecule has 0 bridgehead atoms. The lowest BCUT2D eigenvalue weighted by Gasteiger charge is -2.18. The molecule has 192 valence electrons. The molecule has 1 aliphatic rings. The first-order valence-corrected chi connectivity index (χ1v) is 12.5. The molecule has 1 amide bonds. The van der Waals surface area contributed by atoms with Gasteiger partial charge in [0.1, 0.15) is 23.8 Å². The van der Waals surface area contributed by atoms with E-state index in [0.29, 0.717) is 36.8 Å². The average Bonchev–Trinajstić information content (AvgIpc) is 3.45. The molecular formula is C28H28ClN3O5. The van der Waals surface area contributed by atoms with Crippen molar-refractivity contribution in [3.8, 4) is 11.5 Å². The molecule has 4 aromatic rings. The van der Waals surface area contributed by atoms with Crippen molar-refractivity contribution in [1.82, 2.24) is 9.88 Å². The topological polar surface area (TPSA) is 106 Å². The Balaban J connectivity index is 1.40. The van der Waals surface area contributed by atoms with Crippen LogP contribution in [0.25, 0.3) is 21.7 Å². The minimum atomic E-state index is -0.885. The minimum Gasteiger partial charge on any atom is -0.507 e. The van der Waals surface area contributed by atoms with Gasteiger partial charge in [-0.05, 0) is 49.2 Å². The maximum absolute atomic E-state index is 13.7. The maximum atomic E-state index is 13.7. The summed E-state index contributed by atoms with van der Waals surface area (Å²) in [6, 6.07) is 16.6. The van der Waals surface area contributed by atoms with E-state index in [9.17, 15) is 14.7 Å². The van der Waals surface area contributed by atoms with E-state index in [2.05, 4.69) is 4.98 Å². The molecule has 2 heterocycles. The Hall–Kier alpha value is -3.75. The Bertz CT molecular complexity index is 1500. The van der Waals surface area contributed by atoms with Crippen molar-refractivity contribution < 1.29 is 24.5 Å². The second kappa shape index (κ2) is 9.95. The molecule has 0 radical (unpaired) electrons. The maximum Gasteiger partial charge on any atom is 0.317 e. The van der Waals surface area contributed by atoms with E-state index in [1.807, 2.05) is 49.4 Å². The number of hydrogen-bond donors (Lipinski definition) is 3. The number of H-pyrrole nitrogens is 1. The van der Waals surface area contributed by atoms with Gasteiger partial charge in [0.15, 0.2) is 0 Å². The summed E-state index contributed by atoms with van der Waals surface area (Å²) in [5, 5.41) is 21.8. The quantitative estimate of drug-likeness (QED) is 0.288. The molecule has 5 rings (SSSR count). The molecule has 2 atom stereocenters. The molecule has 3 N–H and O–H groups in total. The van der Waals surface area contributed by atoms with Gasteiger partial charge in [0.25, 0.3) is 5.91 Å². The molecule has 3 aromatic carbocycles. The third-order valence-corrected chi connectivity index (χ3v) is 7.16. The second-order valence-electron chi connectivity index (χ2n) is 9.49. The van der Waals surface area contributed by atoms with Crippen LogP contribution in [0.5, 0.6) is 11.5 Å². The van der Waals surface area contributed by atoms with Gasteiger partial charge in [0.05, 0.1) is 12.2 Å². The predicted octanol–water partition coefficient (Wildman–Crippen LogP) is 4.79. The van der Waals surface area contributed by atoms with E-state index in [1.165, 1.54) is 0 Å². The number of nitrogens with one attached hydrogen (secondary N) is 1. The number of benzene rings is 3. The molecule has 0 saturated heterocycles. The number of likely N-dealkylation sites (N-methyl/N-ethyl adjacent to an activating group) is 1. The third kappa shape index (κ3) is 4.82. The van der Waals surface area contributed by atoms with Crippen molar-refractivity contribution in [2.45, 2.75) is 18.2 Å². The number of amides is 1. The largest absolute Gasteiger partial charge is 0.507 e. The summed E-state index contributed by atoms with van der Waals surface area (Å²) in [6.45, 7) is 3.10. The highest BCUT2D eigenvalue weighted by Crippen LogP contribution is 2.47. The fourth-order valence-electron chi connectivity index (χ4n) is 5.02. The van der Waals surface area contributed by atoms with Gasteiger partial charge in [0.2, 0.25) is 0 Å². The molecule has 0 aliphatic carbocycles. The number of aliphatic carboxylic acids is 1. The van der Waals surface area contributed by atoms with Gasteiger partial charge in [-0.3, -0.25) is 14.5 Å². The molecule has 1 aromatic heterocycles. The van der Waals surface area contributed by atoms with Crippen molar-refractivity contribution in [1.29, 1.82) is 0 Å². The van der Waals surface area contributed by atoms with E-state index < -0.39 is 5.97 Å². The number of anilines is 1. The summed E-state index contributed by atoms with van der Waals surface area (Å²) in [7, 11) is 1.72. The van der Waals surface area contributed by atoms with Crippen molar-refractivity contribution in [3.05, 3.63) is 65.9 Å². The van der Waals surface area contributed by atoms with E-state index in [4.69, 9.17) is 21.4 Å². The summed E-state index contributed by atoms with van der Waals surface area (Å²) in [4.78, 5) is 31.1. The van der Waals surface area contributed by atoms with Crippen LogP contribution in [0, 0.1) is 0 Å². The third-order valence-electron chi connectivity index (χ3n) is 6.85. The molecule has 2 unspecified atom stereocenters. The van der Waals surface area contributed by atoms with Crippen LogP contribution < -0.4 is 9.64 Å². The zero-order valence-electron chi connectivity index (χ0n) is 20.6. The van der Waals surface area contributed by atoms with Gasteiger partial charge in [-0.25, -0.2) is 0 Å². The molecule has 8 nitrogen and oxygen atoms in total. The highest BCUT2D eigenvalue weighted by atomic mass is 35.5. The van der Waals surface area contributed by atoms with Crippen LogP contribution in [0.1, 0.15) is 28.9 Å². The van der Waals surface area contributed by atoms with Crippen LogP contribution in [0.4, 0.5) is 5.69 Å². The standard InChI is InChI=1S/C28H28ClN3O5/c1-16(29)21-14-32(24-13-25(33)19-5-3-4-6-20(19)27(21)24)28(36)23-12-17-11-18(7-8-22(17)30-23)37-10-9-31(2)15-26(34)35/h3-8,11-13,16,21,30,33H,9-10,14-15H2,1-2H3,(H,34,35). The number of ether oxygens (including phenoxy) is 1. The van der Waals surface area contributed by atoms with E-state index in [1.54, 1.807) is 29.0 Å². The number of aromatic amines is 1. The van der Waals surface area contributed by atoms with Crippen LogP contribution >= 0.6 is 11.6 Å². The normalized spacial score (nSPS) is 15.9. The number of aromatic nitrogens is 1. The molecular weight excluding hydrogens is 494 g/mol. The SMILES string of the molecule is CC(Cl)C1CN(C(=O)c2cc3cc(OCCN(C)CC(=O)O)ccc3[nH]2)c2cc(O)c3ccccc3c21. The number of nitrogens with zero attached hydrogens (tertiary/aromatic N) is 2. The van der Waals surface area contributed by atoms with Gasteiger partial charge < -0.3 is 24.8 Å². The number of halogens is 1. The number of fused-ring (bicyclic) bond motifs is 4. The first-order valence-electron chi connectivity index (χ1n) is 12.1. The lowest BCUT2D eigenvalue weighted by Crippen LogP contribution is -2.31. The van der Waals surface area contributed by atoms with Crippen LogP contribution in [0.15, 0.2) is 54.6 Å². The highest BCUT2D eigenvalue weighted by molar-refractivity contribution is 6.22. The van der Waals surface area contributed by atoms with E-state index in [0.717, 1.165) is 27.2 Å². The highest BCUT2D eigenvalue weighted by Gasteiger charge is 2.37. The van der Waals surface area contributed by atoms with E-state index in [-0.39, 0.29) is 29.5 Å². The smallest absolute Gasteiger partial charge is 0.317 e. The van der Waals surface area contributed by atoms with Gasteiger partial charge in [0, 0.05) is 46.7 Å². The molecule has 1 aliphatic heterocycles. The van der Waals surface area contributed by atoms with Crippen LogP contribution in [-0.4, -0.2) is 70.6 Å². The van der Waals surface area contributed by atoms with Crippen molar-refractivity contribution in [2.24, 2.45) is 0 Å². The molecule has 9 heteroatoms. The lowest BCUT2D eigenvalue weighted by atomic mass is 9.92. The zero-order valence-corrected chi connectivity index (χ0v) is 21.3. The Kier molecular flexibility index (Phi) is 6.70. The Morgan fingerprint density at radius 1 is 1.19 bits per heavy atom. The van der Waals surface area contributed by atoms with Gasteiger partial charge in [-0.2, -0.15) is 0 Å². The first kappa shape index (κ1) is 24.9. The minimum absolute atomic E-state index is 0.0533. The zero-order chi connectivity index (χ0) is 26.3. The van der Waals surface area contributed by atoms with Crippen LogP contribution in [0.2, 0.25) is 0 Å². The van der Waals surface area contributed by atoms with Crippen LogP contribution in [0.3, 0.4) is 0 Å². The molecule has 0 fully saturated rings. The number of carbonyl (C=O) groups excluding carboxylic acids is 1. The van der Waals surface area contributed by atoms with E-state index >= 15 is 0 Å². The lowest BCUT2D eigenvalue weighted by molar-refractivity contribution is -0.138. The number of phenols is 1. The van der Waals surface area contributed by atoms with Gasteiger partial charge in [-0.1, -0.05) is 24.3 Å². The summed E-state index contributed by atoms with van der Waals surface area (Å²) in [5.74, 6) is -0.403. The predicted molar refractivity (Wildman–Crippen MR) is 144 cm³/mol. The van der Waals surface area contributed by atoms with Gasteiger partial charge >= 0.3 is 5.97 Å². The summed E-state index contributed by atoms with van der Waals surface area (Å²) < 4.78 is 5.79. The van der Waals surface area contributed by atoms with Crippen molar-refractivity contribution in [2.75, 3.05) is 38.2 Å². The number of alkyl halides is 1. The number of aromatic hydroxyl groups is 1. The summed E-state index contributed by atoms with van der Waals surface area (Å²) in [6.07, 6.45) is 0. The average molecular weight is 522 g/mol. The Morgan fingerprint density at radius 3 is 2.68 bits per heavy atom. The van der Waals surface area contributed by atoms with Crippen molar-refractivity contribution in [3.63, 3.8) is 0 Å². The van der Waals surface area contributed by atoms with Gasteiger partial charge in [-0.15, -0.1) is 11.6 Å². The number of carboxylic acid groups (broad SMARTS) is 1. The number of carbonyl (C=O) groups is 2. The molecule has 37 heavy (non-hydrogen) atoms.